The van der Waals surface area contributed by atoms with Crippen molar-refractivity contribution < 1.29 is 9.13 Å². The number of rotatable bonds is 4. The molecule has 4 rings (SSSR count). The Balaban J connectivity index is 0.00000256. The largest absolute Gasteiger partial charge is 0.481 e. The molecule has 2 atom stereocenters. The first-order valence-corrected chi connectivity index (χ1v) is 9.06. The lowest BCUT2D eigenvalue weighted by molar-refractivity contribution is 0.393. The Hall–Kier alpha value is -3.50. The minimum Gasteiger partial charge on any atom is -0.481 e. The van der Waals surface area contributed by atoms with E-state index in [9.17, 15) is 9.65 Å². The van der Waals surface area contributed by atoms with Crippen LogP contribution in [0.1, 0.15) is 29.3 Å². The number of ether oxygens (including phenoxy) is 1. The van der Waals surface area contributed by atoms with Gasteiger partial charge < -0.3 is 10.1 Å². The monoisotopic (exact) mass is 423 g/mol. The fraction of sp³-hybridized carbons (Fsp3) is 0.182. The van der Waals surface area contributed by atoms with Gasteiger partial charge in [0, 0.05) is 24.0 Å². The summed E-state index contributed by atoms with van der Waals surface area (Å²) in [6.45, 7) is 1.97. The van der Waals surface area contributed by atoms with Crippen LogP contribution < -0.4 is 10.1 Å². The molecule has 0 amide bonds. The maximum atomic E-state index is 13.6. The molecule has 3 heterocycles. The van der Waals surface area contributed by atoms with Gasteiger partial charge in [-0.25, -0.2) is 9.37 Å². The molecule has 1 aliphatic rings. The second kappa shape index (κ2) is 8.47. The molecule has 152 valence electrons. The van der Waals surface area contributed by atoms with Gasteiger partial charge in [-0.15, -0.1) is 12.4 Å². The molecule has 1 aliphatic heterocycles. The SMILES string of the molecule is COc1ccc([C@]2(c3ccc(F)cc3)NC(c3cc(C#N)ccn3)=N[C@H]2C)cn1.Cl. The topological polar surface area (TPSA) is 83.2 Å². The summed E-state index contributed by atoms with van der Waals surface area (Å²) in [5.41, 5.74) is 1.99. The smallest absolute Gasteiger partial charge is 0.212 e. The average molecular weight is 424 g/mol. The number of aliphatic imine (C=N–C) groups is 1. The summed E-state index contributed by atoms with van der Waals surface area (Å²) < 4.78 is 18.8. The van der Waals surface area contributed by atoms with Crippen LogP contribution in [-0.4, -0.2) is 29.0 Å². The van der Waals surface area contributed by atoms with Gasteiger partial charge in [-0.1, -0.05) is 12.1 Å². The number of nitrogens with zero attached hydrogens (tertiary/aromatic N) is 4. The van der Waals surface area contributed by atoms with Gasteiger partial charge in [0.25, 0.3) is 0 Å². The van der Waals surface area contributed by atoms with Crippen molar-refractivity contribution in [2.24, 2.45) is 4.99 Å². The molecule has 0 saturated heterocycles. The Labute approximate surface area is 179 Å². The molecule has 3 aromatic rings. The minimum absolute atomic E-state index is 0. The van der Waals surface area contributed by atoms with Crippen LogP contribution in [0.3, 0.4) is 0 Å². The average Bonchev–Trinajstić information content (AvgIpc) is 3.12. The van der Waals surface area contributed by atoms with Gasteiger partial charge in [0.2, 0.25) is 5.88 Å². The highest BCUT2D eigenvalue weighted by Gasteiger charge is 2.45. The molecule has 0 radical (unpaired) electrons. The number of benzene rings is 1. The summed E-state index contributed by atoms with van der Waals surface area (Å²) in [7, 11) is 1.56. The summed E-state index contributed by atoms with van der Waals surface area (Å²) in [4.78, 5) is 13.5. The number of hydrogen-bond acceptors (Lipinski definition) is 6. The molecule has 0 unspecified atom stereocenters. The third-order valence-corrected chi connectivity index (χ3v) is 5.10. The number of nitriles is 1. The third-order valence-electron chi connectivity index (χ3n) is 5.10. The molecule has 0 aliphatic carbocycles. The lowest BCUT2D eigenvalue weighted by atomic mass is 9.79. The minimum atomic E-state index is -0.771. The van der Waals surface area contributed by atoms with E-state index < -0.39 is 5.54 Å². The lowest BCUT2D eigenvalue weighted by Gasteiger charge is -2.34. The number of amidine groups is 1. The Morgan fingerprint density at radius 1 is 1.10 bits per heavy atom. The van der Waals surface area contributed by atoms with Crippen molar-refractivity contribution in [3.8, 4) is 11.9 Å². The zero-order chi connectivity index (χ0) is 20.4. The fourth-order valence-corrected chi connectivity index (χ4v) is 3.61. The molecule has 1 aromatic carbocycles. The molecular weight excluding hydrogens is 405 g/mol. The molecule has 2 aromatic heterocycles. The molecule has 30 heavy (non-hydrogen) atoms. The highest BCUT2D eigenvalue weighted by Crippen LogP contribution is 2.38. The van der Waals surface area contributed by atoms with Crippen LogP contribution in [0.4, 0.5) is 4.39 Å². The van der Waals surface area contributed by atoms with E-state index in [-0.39, 0.29) is 24.3 Å². The van der Waals surface area contributed by atoms with Crippen molar-refractivity contribution in [1.29, 1.82) is 5.26 Å². The van der Waals surface area contributed by atoms with Gasteiger partial charge in [0.15, 0.2) is 0 Å². The van der Waals surface area contributed by atoms with Crippen LogP contribution in [0.15, 0.2) is 65.9 Å². The zero-order valence-corrected chi connectivity index (χ0v) is 17.2. The Morgan fingerprint density at radius 2 is 1.83 bits per heavy atom. The van der Waals surface area contributed by atoms with Crippen LogP contribution in [0, 0.1) is 17.1 Å². The van der Waals surface area contributed by atoms with E-state index in [1.807, 2.05) is 13.0 Å². The number of halogens is 2. The fourth-order valence-electron chi connectivity index (χ4n) is 3.61. The number of pyridine rings is 2. The first-order chi connectivity index (χ1) is 14.1. The van der Waals surface area contributed by atoms with Crippen LogP contribution >= 0.6 is 12.4 Å². The Kier molecular flexibility index (Phi) is 5.99. The van der Waals surface area contributed by atoms with Crippen molar-refractivity contribution in [3.63, 3.8) is 0 Å². The predicted octanol–water partition coefficient (Wildman–Crippen LogP) is 3.60. The number of methoxy groups -OCH3 is 1. The molecule has 1 N–H and O–H groups in total. The highest BCUT2D eigenvalue weighted by atomic mass is 35.5. The quantitative estimate of drug-likeness (QED) is 0.693. The predicted molar refractivity (Wildman–Crippen MR) is 113 cm³/mol. The summed E-state index contributed by atoms with van der Waals surface area (Å²) in [5.74, 6) is 0.750. The van der Waals surface area contributed by atoms with Crippen LogP contribution in [0.25, 0.3) is 0 Å². The van der Waals surface area contributed by atoms with E-state index >= 15 is 0 Å². The van der Waals surface area contributed by atoms with Crippen molar-refractivity contribution in [2.45, 2.75) is 18.5 Å². The molecule has 0 saturated carbocycles. The van der Waals surface area contributed by atoms with Gasteiger partial charge in [-0.05, 0) is 42.8 Å². The van der Waals surface area contributed by atoms with E-state index in [1.165, 1.54) is 12.1 Å². The van der Waals surface area contributed by atoms with Crippen LogP contribution in [-0.2, 0) is 5.54 Å². The Bertz CT molecular complexity index is 1110. The van der Waals surface area contributed by atoms with Crippen molar-refractivity contribution >= 4 is 18.2 Å². The van der Waals surface area contributed by atoms with E-state index in [1.54, 1.807) is 49.8 Å². The van der Waals surface area contributed by atoms with E-state index in [2.05, 4.69) is 21.4 Å². The summed E-state index contributed by atoms with van der Waals surface area (Å²) >= 11 is 0. The van der Waals surface area contributed by atoms with Gasteiger partial charge in [0.05, 0.1) is 24.8 Å². The van der Waals surface area contributed by atoms with Gasteiger partial charge in [-0.2, -0.15) is 5.26 Å². The maximum Gasteiger partial charge on any atom is 0.212 e. The molecular formula is C22H19ClFN5O. The van der Waals surface area contributed by atoms with Gasteiger partial charge in [0.1, 0.15) is 22.9 Å². The van der Waals surface area contributed by atoms with Crippen molar-refractivity contribution in [3.05, 3.63) is 89.1 Å². The standard InChI is InChI=1S/C22H18FN5O.ClH/c1-14-22(16-3-6-18(23)7-4-16,17-5-8-20(29-2)26-13-17)28-21(27-14)19-11-15(12-24)9-10-25-19;/h3-11,13-14H,1-2H3,(H,27,28);1H/t14-,22-;/m0./s1. The Morgan fingerprint density at radius 3 is 2.47 bits per heavy atom. The van der Waals surface area contributed by atoms with Crippen LogP contribution in [0.2, 0.25) is 0 Å². The highest BCUT2D eigenvalue weighted by molar-refractivity contribution is 6.00. The van der Waals surface area contributed by atoms with E-state index in [0.29, 0.717) is 23.0 Å². The number of aromatic nitrogens is 2. The van der Waals surface area contributed by atoms with Crippen molar-refractivity contribution in [2.75, 3.05) is 7.11 Å². The molecule has 0 bridgehead atoms. The van der Waals surface area contributed by atoms with Crippen molar-refractivity contribution in [1.82, 2.24) is 15.3 Å². The third kappa shape index (κ3) is 3.58. The van der Waals surface area contributed by atoms with E-state index in [0.717, 1.165) is 11.1 Å². The first-order valence-electron chi connectivity index (χ1n) is 9.06. The van der Waals surface area contributed by atoms with E-state index in [4.69, 9.17) is 9.73 Å². The zero-order valence-electron chi connectivity index (χ0n) is 16.3. The second-order valence-electron chi connectivity index (χ2n) is 6.72. The summed E-state index contributed by atoms with van der Waals surface area (Å²) in [5, 5.41) is 12.7. The normalized spacial score (nSPS) is 19.8. The maximum absolute atomic E-state index is 13.6. The number of nitrogens with one attached hydrogen (secondary N) is 1. The number of hydrogen-bond donors (Lipinski definition) is 1. The molecule has 8 heteroatoms. The summed E-state index contributed by atoms with van der Waals surface area (Å²) in [6.07, 6.45) is 3.30. The second-order valence-corrected chi connectivity index (χ2v) is 6.72. The molecule has 0 fully saturated rings. The summed E-state index contributed by atoms with van der Waals surface area (Å²) in [6, 6.07) is 15.2. The molecule has 0 spiro atoms. The molecule has 6 nitrogen and oxygen atoms in total. The first kappa shape index (κ1) is 21.2. The van der Waals surface area contributed by atoms with Crippen LogP contribution in [0.5, 0.6) is 5.88 Å². The van der Waals surface area contributed by atoms with Gasteiger partial charge >= 0.3 is 0 Å². The van der Waals surface area contributed by atoms with Gasteiger partial charge in [-0.3, -0.25) is 9.98 Å². The lowest BCUT2D eigenvalue weighted by Crippen LogP contribution is -2.48.